The molecule has 0 aliphatic heterocycles. The van der Waals surface area contributed by atoms with Crippen LogP contribution in [0.3, 0.4) is 0 Å². The monoisotopic (exact) mass is 380 g/mol. The van der Waals surface area contributed by atoms with E-state index in [-0.39, 0.29) is 17.1 Å². The number of aryl methyl sites for hydroxylation is 1. The molecule has 1 amide bonds. The lowest BCUT2D eigenvalue weighted by molar-refractivity contribution is -0.116. The van der Waals surface area contributed by atoms with Gasteiger partial charge in [-0.05, 0) is 48.9 Å². The second-order valence-corrected chi connectivity index (χ2v) is 6.01. The first kappa shape index (κ1) is 18.9. The van der Waals surface area contributed by atoms with E-state index in [2.05, 4.69) is 10.3 Å². The van der Waals surface area contributed by atoms with Gasteiger partial charge in [0.15, 0.2) is 0 Å². The molecule has 6 nitrogen and oxygen atoms in total. The molecule has 0 aliphatic rings. The lowest BCUT2D eigenvalue weighted by Crippen LogP contribution is -2.31. The number of nitriles is 1. The van der Waals surface area contributed by atoms with Gasteiger partial charge in [0.25, 0.3) is 5.56 Å². The van der Waals surface area contributed by atoms with Crippen LogP contribution in [0.15, 0.2) is 53.5 Å². The smallest absolute Gasteiger partial charge is 0.272 e. The molecule has 8 heteroatoms. The third-order valence-electron chi connectivity index (χ3n) is 4.05. The van der Waals surface area contributed by atoms with Gasteiger partial charge >= 0.3 is 0 Å². The van der Waals surface area contributed by atoms with Crippen LogP contribution in [0.25, 0.3) is 11.4 Å². The summed E-state index contributed by atoms with van der Waals surface area (Å²) >= 11 is 0. The number of halogens is 2. The van der Waals surface area contributed by atoms with E-state index in [0.29, 0.717) is 11.1 Å². The second kappa shape index (κ2) is 7.80. The Kier molecular flexibility index (Phi) is 5.27. The fourth-order valence-electron chi connectivity index (χ4n) is 2.61. The first-order valence-electron chi connectivity index (χ1n) is 8.21. The molecule has 3 rings (SSSR count). The van der Waals surface area contributed by atoms with Crippen molar-refractivity contribution in [1.82, 2.24) is 9.55 Å². The highest BCUT2D eigenvalue weighted by atomic mass is 19.1. The van der Waals surface area contributed by atoms with Gasteiger partial charge in [-0.1, -0.05) is 6.07 Å². The Morgan fingerprint density at radius 2 is 1.86 bits per heavy atom. The van der Waals surface area contributed by atoms with Crippen LogP contribution >= 0.6 is 0 Å². The first-order valence-corrected chi connectivity index (χ1v) is 8.21. The van der Waals surface area contributed by atoms with Crippen molar-refractivity contribution in [3.05, 3.63) is 81.8 Å². The third-order valence-corrected chi connectivity index (χ3v) is 4.05. The lowest BCUT2D eigenvalue weighted by Gasteiger charge is -2.13. The summed E-state index contributed by atoms with van der Waals surface area (Å²) in [5.74, 6) is -1.48. The van der Waals surface area contributed by atoms with Crippen molar-refractivity contribution in [2.24, 2.45) is 0 Å². The predicted molar refractivity (Wildman–Crippen MR) is 98.4 cm³/mol. The number of amides is 1. The van der Waals surface area contributed by atoms with Crippen molar-refractivity contribution >= 4 is 11.6 Å². The lowest BCUT2D eigenvalue weighted by atomic mass is 10.2. The molecule has 0 aliphatic carbocycles. The fourth-order valence-corrected chi connectivity index (χ4v) is 2.61. The zero-order chi connectivity index (χ0) is 20.3. The highest BCUT2D eigenvalue weighted by molar-refractivity contribution is 5.91. The van der Waals surface area contributed by atoms with E-state index >= 15 is 0 Å². The van der Waals surface area contributed by atoms with Gasteiger partial charge in [0, 0.05) is 11.3 Å². The number of carbonyl (C=O) groups is 1. The Labute approximate surface area is 158 Å². The van der Waals surface area contributed by atoms with E-state index in [4.69, 9.17) is 5.26 Å². The van der Waals surface area contributed by atoms with Crippen LogP contribution in [-0.4, -0.2) is 15.5 Å². The van der Waals surface area contributed by atoms with Crippen molar-refractivity contribution in [3.8, 4) is 17.5 Å². The van der Waals surface area contributed by atoms with Gasteiger partial charge in [-0.3, -0.25) is 14.2 Å². The Hall–Kier alpha value is -3.86. The molecule has 1 heterocycles. The number of rotatable bonds is 4. The van der Waals surface area contributed by atoms with Crippen LogP contribution in [0.5, 0.6) is 0 Å². The SMILES string of the molecule is Cc1ccc(F)cc1NC(=O)Cn1c(-c2ccc(F)cc2)ncc(C#N)c1=O. The molecule has 3 aromatic rings. The minimum Gasteiger partial charge on any atom is -0.324 e. The highest BCUT2D eigenvalue weighted by Gasteiger charge is 2.16. The average Bonchev–Trinajstić information content (AvgIpc) is 2.67. The summed E-state index contributed by atoms with van der Waals surface area (Å²) in [4.78, 5) is 29.1. The summed E-state index contributed by atoms with van der Waals surface area (Å²) < 4.78 is 27.6. The van der Waals surface area contributed by atoms with Crippen LogP contribution in [0, 0.1) is 29.9 Å². The average molecular weight is 380 g/mol. The fraction of sp³-hybridized carbons (Fsp3) is 0.100. The summed E-state index contributed by atoms with van der Waals surface area (Å²) in [6.45, 7) is 1.24. The number of benzene rings is 2. The first-order chi connectivity index (χ1) is 13.4. The molecule has 1 aromatic heterocycles. The summed E-state index contributed by atoms with van der Waals surface area (Å²) in [7, 11) is 0. The number of hydrogen-bond donors (Lipinski definition) is 1. The predicted octanol–water partition coefficient (Wildman–Crippen LogP) is 3.01. The van der Waals surface area contributed by atoms with E-state index in [1.165, 1.54) is 42.5 Å². The van der Waals surface area contributed by atoms with Crippen LogP contribution in [0.1, 0.15) is 11.1 Å². The molecule has 0 saturated carbocycles. The highest BCUT2D eigenvalue weighted by Crippen LogP contribution is 2.18. The molecule has 1 N–H and O–H groups in total. The molecule has 0 bridgehead atoms. The van der Waals surface area contributed by atoms with Gasteiger partial charge in [0.05, 0.1) is 6.20 Å². The number of nitrogens with zero attached hydrogens (tertiary/aromatic N) is 3. The molecule has 2 aromatic carbocycles. The van der Waals surface area contributed by atoms with Crippen molar-refractivity contribution in [3.63, 3.8) is 0 Å². The summed E-state index contributed by atoms with van der Waals surface area (Å²) in [5.41, 5.74) is 0.372. The second-order valence-electron chi connectivity index (χ2n) is 6.01. The normalized spacial score (nSPS) is 10.4. The van der Waals surface area contributed by atoms with Crippen LogP contribution in [-0.2, 0) is 11.3 Å². The van der Waals surface area contributed by atoms with Gasteiger partial charge in [0.2, 0.25) is 5.91 Å². The maximum Gasteiger partial charge on any atom is 0.272 e. The number of nitrogens with one attached hydrogen (secondary N) is 1. The molecular formula is C20H14F2N4O2. The Bertz CT molecular complexity index is 1150. The van der Waals surface area contributed by atoms with Gasteiger partial charge < -0.3 is 5.32 Å². The maximum absolute atomic E-state index is 13.4. The van der Waals surface area contributed by atoms with Gasteiger partial charge in [-0.15, -0.1) is 0 Å². The molecule has 140 valence electrons. The zero-order valence-corrected chi connectivity index (χ0v) is 14.7. The standard InChI is InChI=1S/C20H14F2N4O2/c1-12-2-5-16(22)8-17(12)25-18(27)11-26-19(13-3-6-15(21)7-4-13)24-10-14(9-23)20(26)28/h2-8,10H,11H2,1H3,(H,25,27). The quantitative estimate of drug-likeness (QED) is 0.754. The van der Waals surface area contributed by atoms with E-state index in [9.17, 15) is 18.4 Å². The minimum absolute atomic E-state index is 0.107. The van der Waals surface area contributed by atoms with Crippen molar-refractivity contribution in [1.29, 1.82) is 5.26 Å². The number of aromatic nitrogens is 2. The number of carbonyl (C=O) groups excluding carboxylic acids is 1. The molecular weight excluding hydrogens is 366 g/mol. The van der Waals surface area contributed by atoms with E-state index in [1.54, 1.807) is 13.0 Å². The Morgan fingerprint density at radius 3 is 2.54 bits per heavy atom. The zero-order valence-electron chi connectivity index (χ0n) is 14.7. The van der Waals surface area contributed by atoms with Crippen LogP contribution in [0.4, 0.5) is 14.5 Å². The Balaban J connectivity index is 1.99. The van der Waals surface area contributed by atoms with E-state index < -0.39 is 29.6 Å². The summed E-state index contributed by atoms with van der Waals surface area (Å²) in [6, 6.07) is 10.9. The molecule has 0 radical (unpaired) electrons. The molecule has 0 saturated heterocycles. The Morgan fingerprint density at radius 1 is 1.18 bits per heavy atom. The van der Waals surface area contributed by atoms with Crippen LogP contribution < -0.4 is 10.9 Å². The van der Waals surface area contributed by atoms with Crippen molar-refractivity contribution in [2.75, 3.05) is 5.32 Å². The summed E-state index contributed by atoms with van der Waals surface area (Å²) in [6.07, 6.45) is 1.10. The molecule has 28 heavy (non-hydrogen) atoms. The largest absolute Gasteiger partial charge is 0.324 e. The van der Waals surface area contributed by atoms with E-state index in [0.717, 1.165) is 10.8 Å². The third kappa shape index (κ3) is 3.94. The van der Waals surface area contributed by atoms with Gasteiger partial charge in [0.1, 0.15) is 35.6 Å². The van der Waals surface area contributed by atoms with Crippen molar-refractivity contribution in [2.45, 2.75) is 13.5 Å². The minimum atomic E-state index is -0.706. The molecule has 0 unspecified atom stereocenters. The molecule has 0 atom stereocenters. The number of anilines is 1. The van der Waals surface area contributed by atoms with Crippen LogP contribution in [0.2, 0.25) is 0 Å². The summed E-state index contributed by atoms with van der Waals surface area (Å²) in [5, 5.41) is 11.6. The van der Waals surface area contributed by atoms with Crippen molar-refractivity contribution < 1.29 is 13.6 Å². The molecule has 0 spiro atoms. The van der Waals surface area contributed by atoms with Gasteiger partial charge in [-0.25, -0.2) is 13.8 Å². The topological polar surface area (TPSA) is 87.8 Å². The maximum atomic E-state index is 13.4. The van der Waals surface area contributed by atoms with E-state index in [1.807, 2.05) is 0 Å². The molecule has 0 fully saturated rings. The van der Waals surface area contributed by atoms with Gasteiger partial charge in [-0.2, -0.15) is 5.26 Å². The number of hydrogen-bond acceptors (Lipinski definition) is 4.